The van der Waals surface area contributed by atoms with Gasteiger partial charge in [-0.25, -0.2) is 13.2 Å². The molecule has 1 N–H and O–H groups in total. The third-order valence-electron chi connectivity index (χ3n) is 3.18. The lowest BCUT2D eigenvalue weighted by molar-refractivity contribution is 0.0696. The second-order valence-electron chi connectivity index (χ2n) is 4.50. The Labute approximate surface area is 128 Å². The Morgan fingerprint density at radius 2 is 1.77 bits per heavy atom. The van der Waals surface area contributed by atoms with Crippen molar-refractivity contribution in [3.05, 3.63) is 54.1 Å². The van der Waals surface area contributed by atoms with E-state index in [4.69, 9.17) is 9.84 Å². The molecule has 0 atom stereocenters. The van der Waals surface area contributed by atoms with Crippen LogP contribution in [0.3, 0.4) is 0 Å². The number of hydrogen-bond donors (Lipinski definition) is 1. The molecule has 2 rings (SSSR count). The van der Waals surface area contributed by atoms with Crippen LogP contribution in [0.1, 0.15) is 10.4 Å². The number of carboxylic acid groups (broad SMARTS) is 1. The highest BCUT2D eigenvalue weighted by molar-refractivity contribution is 7.92. The van der Waals surface area contributed by atoms with Crippen molar-refractivity contribution in [1.82, 2.24) is 0 Å². The number of sulfonamides is 1. The minimum absolute atomic E-state index is 0.0780. The molecule has 0 radical (unpaired) electrons. The summed E-state index contributed by atoms with van der Waals surface area (Å²) in [5.74, 6) is -0.563. The van der Waals surface area contributed by atoms with Gasteiger partial charge < -0.3 is 9.84 Å². The van der Waals surface area contributed by atoms with Crippen molar-refractivity contribution in [2.24, 2.45) is 0 Å². The van der Waals surface area contributed by atoms with Gasteiger partial charge in [0, 0.05) is 7.05 Å². The fourth-order valence-electron chi connectivity index (χ4n) is 1.88. The van der Waals surface area contributed by atoms with Crippen molar-refractivity contribution in [2.45, 2.75) is 4.90 Å². The highest BCUT2D eigenvalue weighted by atomic mass is 32.2. The maximum atomic E-state index is 12.6. The number of rotatable bonds is 5. The molecule has 0 fully saturated rings. The van der Waals surface area contributed by atoms with E-state index < -0.39 is 16.0 Å². The molecule has 0 spiro atoms. The highest BCUT2D eigenvalue weighted by Gasteiger charge is 2.22. The summed E-state index contributed by atoms with van der Waals surface area (Å²) in [6, 6.07) is 11.8. The predicted molar refractivity (Wildman–Crippen MR) is 82.0 cm³/mol. The fourth-order valence-corrected chi connectivity index (χ4v) is 3.12. The molecule has 0 aromatic heterocycles. The summed E-state index contributed by atoms with van der Waals surface area (Å²) >= 11 is 0. The molecule has 22 heavy (non-hydrogen) atoms. The summed E-state index contributed by atoms with van der Waals surface area (Å²) < 4.78 is 31.2. The van der Waals surface area contributed by atoms with E-state index >= 15 is 0 Å². The van der Waals surface area contributed by atoms with Gasteiger partial charge in [-0.1, -0.05) is 6.07 Å². The Morgan fingerprint density at radius 3 is 2.32 bits per heavy atom. The van der Waals surface area contributed by atoms with Crippen LogP contribution in [0.15, 0.2) is 53.4 Å². The highest BCUT2D eigenvalue weighted by Crippen LogP contribution is 2.24. The molecule has 0 amide bonds. The molecule has 2 aromatic rings. The molecule has 0 aliphatic rings. The normalized spacial score (nSPS) is 11.0. The van der Waals surface area contributed by atoms with Gasteiger partial charge in [0.15, 0.2) is 0 Å². The molecular formula is C15H15NO5S. The number of hydrogen-bond acceptors (Lipinski definition) is 4. The van der Waals surface area contributed by atoms with Crippen LogP contribution in [-0.2, 0) is 10.0 Å². The van der Waals surface area contributed by atoms with E-state index in [0.717, 1.165) is 10.4 Å². The lowest BCUT2D eigenvalue weighted by atomic mass is 10.2. The molecule has 0 aliphatic heterocycles. The third kappa shape index (κ3) is 3.04. The standard InChI is InChI=1S/C15H15NO5S/c1-16(12-6-8-13(21-2)9-7-12)22(19,20)14-5-3-4-11(10-14)15(17)18/h3-10H,1-2H3,(H,17,18). The summed E-state index contributed by atoms with van der Waals surface area (Å²) in [6.45, 7) is 0. The number of methoxy groups -OCH3 is 1. The van der Waals surface area contributed by atoms with Crippen LogP contribution in [0.2, 0.25) is 0 Å². The number of benzene rings is 2. The van der Waals surface area contributed by atoms with Crippen LogP contribution in [0, 0.1) is 0 Å². The summed E-state index contributed by atoms with van der Waals surface area (Å²) in [4.78, 5) is 10.9. The van der Waals surface area contributed by atoms with Crippen molar-refractivity contribution in [3.63, 3.8) is 0 Å². The lowest BCUT2D eigenvalue weighted by Gasteiger charge is -2.20. The Hall–Kier alpha value is -2.54. The van der Waals surface area contributed by atoms with Crippen LogP contribution in [0.5, 0.6) is 5.75 Å². The Morgan fingerprint density at radius 1 is 1.14 bits per heavy atom. The number of nitrogens with zero attached hydrogens (tertiary/aromatic N) is 1. The van der Waals surface area contributed by atoms with E-state index in [0.29, 0.717) is 11.4 Å². The maximum absolute atomic E-state index is 12.6. The molecule has 6 nitrogen and oxygen atoms in total. The van der Waals surface area contributed by atoms with Crippen LogP contribution >= 0.6 is 0 Å². The van der Waals surface area contributed by atoms with Gasteiger partial charge in [0.05, 0.1) is 23.3 Å². The monoisotopic (exact) mass is 321 g/mol. The van der Waals surface area contributed by atoms with E-state index in [1.807, 2.05) is 0 Å². The number of carbonyl (C=O) groups is 1. The van der Waals surface area contributed by atoms with E-state index in [9.17, 15) is 13.2 Å². The van der Waals surface area contributed by atoms with Gasteiger partial charge >= 0.3 is 5.97 Å². The van der Waals surface area contributed by atoms with E-state index in [-0.39, 0.29) is 10.5 Å². The van der Waals surface area contributed by atoms with E-state index in [1.165, 1.54) is 32.4 Å². The first-order chi connectivity index (χ1) is 10.4. The zero-order valence-corrected chi connectivity index (χ0v) is 12.9. The molecule has 0 saturated heterocycles. The molecule has 0 bridgehead atoms. The van der Waals surface area contributed by atoms with Gasteiger partial charge in [-0.15, -0.1) is 0 Å². The molecular weight excluding hydrogens is 306 g/mol. The van der Waals surface area contributed by atoms with Crippen molar-refractivity contribution >= 4 is 21.7 Å². The minimum Gasteiger partial charge on any atom is -0.497 e. The number of carboxylic acids is 1. The zero-order chi connectivity index (χ0) is 16.3. The van der Waals surface area contributed by atoms with Gasteiger partial charge in [0.2, 0.25) is 0 Å². The van der Waals surface area contributed by atoms with Crippen LogP contribution in [-0.4, -0.2) is 33.7 Å². The van der Waals surface area contributed by atoms with Crippen LogP contribution in [0.25, 0.3) is 0 Å². The second kappa shape index (κ2) is 6.07. The van der Waals surface area contributed by atoms with Crippen LogP contribution < -0.4 is 9.04 Å². The van der Waals surface area contributed by atoms with Crippen molar-refractivity contribution in [2.75, 3.05) is 18.5 Å². The van der Waals surface area contributed by atoms with Crippen LogP contribution in [0.4, 0.5) is 5.69 Å². The third-order valence-corrected chi connectivity index (χ3v) is 4.96. The molecule has 0 heterocycles. The van der Waals surface area contributed by atoms with E-state index in [1.54, 1.807) is 24.3 Å². The first kappa shape index (κ1) is 15.8. The number of anilines is 1. The van der Waals surface area contributed by atoms with Gasteiger partial charge in [-0.3, -0.25) is 4.31 Å². The fraction of sp³-hybridized carbons (Fsp3) is 0.133. The number of aromatic carboxylic acids is 1. The van der Waals surface area contributed by atoms with Crippen molar-refractivity contribution in [1.29, 1.82) is 0 Å². The topological polar surface area (TPSA) is 83.9 Å². The Balaban J connectivity index is 2.40. The first-order valence-electron chi connectivity index (χ1n) is 6.32. The second-order valence-corrected chi connectivity index (χ2v) is 6.47. The smallest absolute Gasteiger partial charge is 0.335 e. The van der Waals surface area contributed by atoms with Crippen molar-refractivity contribution < 1.29 is 23.1 Å². The quantitative estimate of drug-likeness (QED) is 0.913. The predicted octanol–water partition coefficient (Wildman–Crippen LogP) is 2.22. The van der Waals surface area contributed by atoms with E-state index in [2.05, 4.69) is 0 Å². The van der Waals surface area contributed by atoms with Crippen molar-refractivity contribution in [3.8, 4) is 5.75 Å². The Bertz CT molecular complexity index is 784. The molecule has 116 valence electrons. The minimum atomic E-state index is -3.84. The first-order valence-corrected chi connectivity index (χ1v) is 7.76. The molecule has 0 unspecified atom stereocenters. The lowest BCUT2D eigenvalue weighted by Crippen LogP contribution is -2.26. The molecule has 0 aliphatic carbocycles. The average Bonchev–Trinajstić information content (AvgIpc) is 2.54. The molecule has 2 aromatic carbocycles. The van der Waals surface area contributed by atoms with Gasteiger partial charge in [0.25, 0.3) is 10.0 Å². The van der Waals surface area contributed by atoms with Gasteiger partial charge in [-0.05, 0) is 42.5 Å². The summed E-state index contributed by atoms with van der Waals surface area (Å²) in [5, 5.41) is 8.97. The largest absolute Gasteiger partial charge is 0.497 e. The van der Waals surface area contributed by atoms with Gasteiger partial charge in [-0.2, -0.15) is 0 Å². The Kier molecular flexibility index (Phi) is 4.37. The molecule has 7 heteroatoms. The average molecular weight is 321 g/mol. The van der Waals surface area contributed by atoms with Gasteiger partial charge in [0.1, 0.15) is 5.75 Å². The summed E-state index contributed by atoms with van der Waals surface area (Å²) in [6.07, 6.45) is 0. The maximum Gasteiger partial charge on any atom is 0.335 e. The SMILES string of the molecule is COc1ccc(N(C)S(=O)(=O)c2cccc(C(=O)O)c2)cc1. The molecule has 0 saturated carbocycles. The summed E-state index contributed by atoms with van der Waals surface area (Å²) in [5.41, 5.74) is 0.366. The zero-order valence-electron chi connectivity index (χ0n) is 12.1. The number of ether oxygens (including phenoxy) is 1. The summed E-state index contributed by atoms with van der Waals surface area (Å²) in [7, 11) is -0.910.